The molecule has 0 aliphatic rings. The maximum Gasteiger partial charge on any atom is 0.130 e. The van der Waals surface area contributed by atoms with Crippen molar-refractivity contribution in [2.75, 3.05) is 5.75 Å². The minimum absolute atomic E-state index is 0.819. The third-order valence-corrected chi connectivity index (χ3v) is 3.10. The molecule has 0 aliphatic heterocycles. The molecule has 0 aromatic carbocycles. The Kier molecular flexibility index (Phi) is 4.61. The van der Waals surface area contributed by atoms with E-state index in [2.05, 4.69) is 22.6 Å². The zero-order valence-electron chi connectivity index (χ0n) is 7.49. The number of aromatic nitrogens is 2. The van der Waals surface area contributed by atoms with Crippen LogP contribution in [-0.4, -0.2) is 14.5 Å². The summed E-state index contributed by atoms with van der Waals surface area (Å²) in [6.45, 7) is 4.52. The molecule has 1 heterocycles. The molecule has 1 aromatic rings. The summed E-state index contributed by atoms with van der Waals surface area (Å²) in [7, 11) is 0. The number of hydrogen-bond acceptors (Lipinski definition) is 4. The lowest BCUT2D eigenvalue weighted by Crippen LogP contribution is -1.88. The van der Waals surface area contributed by atoms with E-state index in [4.69, 9.17) is 0 Å². The van der Waals surface area contributed by atoms with E-state index >= 15 is 0 Å². The highest BCUT2D eigenvalue weighted by Crippen LogP contribution is 2.17. The van der Waals surface area contributed by atoms with Crippen LogP contribution in [0.5, 0.6) is 0 Å². The normalized spacial score (nSPS) is 10.9. The van der Waals surface area contributed by atoms with Gasteiger partial charge in [-0.05, 0) is 18.1 Å². The van der Waals surface area contributed by atoms with Crippen molar-refractivity contribution in [3.63, 3.8) is 0 Å². The summed E-state index contributed by atoms with van der Waals surface area (Å²) in [6, 6.07) is 0. The summed E-state index contributed by atoms with van der Waals surface area (Å²) in [5, 5.41) is 1.07. The predicted octanol–water partition coefficient (Wildman–Crippen LogP) is 3.07. The van der Waals surface area contributed by atoms with E-state index < -0.39 is 0 Å². The van der Waals surface area contributed by atoms with Crippen LogP contribution >= 0.6 is 23.5 Å². The molecular formula is C8H14N2S2. The molecule has 0 fully saturated rings. The maximum atomic E-state index is 4.13. The summed E-state index contributed by atoms with van der Waals surface area (Å²) < 4.78 is 8.07. The summed E-state index contributed by atoms with van der Waals surface area (Å²) in [5.41, 5.74) is 0. The van der Waals surface area contributed by atoms with Crippen LogP contribution in [0.2, 0.25) is 0 Å². The number of rotatable bonds is 5. The Morgan fingerprint density at radius 3 is 3.00 bits per heavy atom. The molecule has 12 heavy (non-hydrogen) atoms. The Morgan fingerprint density at radius 2 is 2.42 bits per heavy atom. The van der Waals surface area contributed by atoms with Gasteiger partial charge in [-0.15, -0.1) is 11.8 Å². The van der Waals surface area contributed by atoms with Crippen LogP contribution in [0.1, 0.15) is 26.7 Å². The highest BCUT2D eigenvalue weighted by atomic mass is 32.2. The summed E-state index contributed by atoms with van der Waals surface area (Å²) in [6.07, 6.45) is 4.43. The molecule has 0 atom stereocenters. The molecule has 1 rings (SSSR count). The number of nitrogens with zero attached hydrogens (tertiary/aromatic N) is 2. The average Bonchev–Trinajstić information content (AvgIpc) is 2.49. The third kappa shape index (κ3) is 4.07. The van der Waals surface area contributed by atoms with Gasteiger partial charge in [-0.25, -0.2) is 0 Å². The fourth-order valence-corrected chi connectivity index (χ4v) is 2.23. The van der Waals surface area contributed by atoms with Crippen LogP contribution in [0.25, 0.3) is 0 Å². The molecule has 4 heteroatoms. The van der Waals surface area contributed by atoms with Gasteiger partial charge in [0.15, 0.2) is 0 Å². The molecular weight excluding hydrogens is 188 g/mol. The molecule has 0 radical (unpaired) electrons. The third-order valence-electron chi connectivity index (χ3n) is 1.52. The highest BCUT2D eigenvalue weighted by Gasteiger charge is 1.97. The SMILES string of the molecule is CC(C)CCCSc1cnsn1. The van der Waals surface area contributed by atoms with E-state index in [0.29, 0.717) is 0 Å². The molecule has 68 valence electrons. The van der Waals surface area contributed by atoms with Crippen LogP contribution in [0, 0.1) is 5.92 Å². The van der Waals surface area contributed by atoms with Crippen molar-refractivity contribution in [3.05, 3.63) is 6.20 Å². The molecule has 2 nitrogen and oxygen atoms in total. The van der Waals surface area contributed by atoms with Crippen LogP contribution in [0.15, 0.2) is 11.2 Å². The van der Waals surface area contributed by atoms with Crippen molar-refractivity contribution >= 4 is 23.5 Å². The number of thioether (sulfide) groups is 1. The lowest BCUT2D eigenvalue weighted by molar-refractivity contribution is 0.579. The first-order valence-electron chi connectivity index (χ1n) is 4.19. The van der Waals surface area contributed by atoms with Gasteiger partial charge >= 0.3 is 0 Å². The van der Waals surface area contributed by atoms with E-state index in [9.17, 15) is 0 Å². The first-order chi connectivity index (χ1) is 5.79. The van der Waals surface area contributed by atoms with Gasteiger partial charge in [0.1, 0.15) is 5.03 Å². The Balaban J connectivity index is 2.04. The summed E-state index contributed by atoms with van der Waals surface area (Å²) >= 11 is 3.09. The van der Waals surface area contributed by atoms with E-state index in [1.165, 1.54) is 30.3 Å². The predicted molar refractivity (Wildman–Crippen MR) is 54.7 cm³/mol. The lowest BCUT2D eigenvalue weighted by Gasteiger charge is -2.01. The van der Waals surface area contributed by atoms with Crippen LogP contribution in [0.4, 0.5) is 0 Å². The van der Waals surface area contributed by atoms with Gasteiger partial charge in [-0.1, -0.05) is 20.3 Å². The molecule has 0 aliphatic carbocycles. The second-order valence-electron chi connectivity index (χ2n) is 3.13. The average molecular weight is 202 g/mol. The van der Waals surface area contributed by atoms with Gasteiger partial charge in [0.2, 0.25) is 0 Å². The monoisotopic (exact) mass is 202 g/mol. The van der Waals surface area contributed by atoms with E-state index in [-0.39, 0.29) is 0 Å². The molecule has 0 bridgehead atoms. The Labute approximate surface area is 82.1 Å². The van der Waals surface area contributed by atoms with Gasteiger partial charge in [-0.3, -0.25) is 0 Å². The molecule has 0 amide bonds. The molecule has 1 aromatic heterocycles. The second-order valence-corrected chi connectivity index (χ2v) is 4.80. The fourth-order valence-electron chi connectivity index (χ4n) is 0.888. The first kappa shape index (κ1) is 9.99. The molecule has 0 saturated heterocycles. The van der Waals surface area contributed by atoms with Crippen LogP contribution < -0.4 is 0 Å². The lowest BCUT2D eigenvalue weighted by atomic mass is 10.1. The largest absolute Gasteiger partial charge is 0.180 e. The van der Waals surface area contributed by atoms with Gasteiger partial charge in [0, 0.05) is 0 Å². The van der Waals surface area contributed by atoms with Crippen molar-refractivity contribution in [2.45, 2.75) is 31.7 Å². The van der Waals surface area contributed by atoms with Crippen molar-refractivity contribution in [1.82, 2.24) is 8.75 Å². The fraction of sp³-hybridized carbons (Fsp3) is 0.750. The second kappa shape index (κ2) is 5.54. The van der Waals surface area contributed by atoms with Crippen LogP contribution in [-0.2, 0) is 0 Å². The zero-order chi connectivity index (χ0) is 8.81. The maximum absolute atomic E-state index is 4.13. The highest BCUT2D eigenvalue weighted by molar-refractivity contribution is 7.99. The van der Waals surface area contributed by atoms with E-state index in [0.717, 1.165) is 10.9 Å². The van der Waals surface area contributed by atoms with Crippen molar-refractivity contribution in [2.24, 2.45) is 5.92 Å². The summed E-state index contributed by atoms with van der Waals surface area (Å²) in [4.78, 5) is 0. The Bertz CT molecular complexity index is 197. The Hall–Kier alpha value is -0.0900. The number of hydrogen-bond donors (Lipinski definition) is 0. The Morgan fingerprint density at radius 1 is 1.58 bits per heavy atom. The van der Waals surface area contributed by atoms with E-state index in [1.807, 2.05) is 6.20 Å². The van der Waals surface area contributed by atoms with E-state index in [1.54, 1.807) is 11.8 Å². The molecule has 0 unspecified atom stereocenters. The minimum atomic E-state index is 0.819. The molecule has 0 saturated carbocycles. The standard InChI is InChI=1S/C8H14N2S2/c1-7(2)4-3-5-11-8-6-9-12-10-8/h6-7H,3-5H2,1-2H3. The smallest absolute Gasteiger partial charge is 0.130 e. The molecule has 0 N–H and O–H groups in total. The quantitative estimate of drug-likeness (QED) is 0.542. The topological polar surface area (TPSA) is 25.8 Å². The van der Waals surface area contributed by atoms with Crippen molar-refractivity contribution < 1.29 is 0 Å². The van der Waals surface area contributed by atoms with Crippen molar-refractivity contribution in [1.29, 1.82) is 0 Å². The van der Waals surface area contributed by atoms with Crippen LogP contribution in [0.3, 0.4) is 0 Å². The summed E-state index contributed by atoms with van der Waals surface area (Å²) in [5.74, 6) is 1.99. The molecule has 0 spiro atoms. The zero-order valence-corrected chi connectivity index (χ0v) is 9.12. The van der Waals surface area contributed by atoms with Gasteiger partial charge < -0.3 is 0 Å². The van der Waals surface area contributed by atoms with Gasteiger partial charge in [-0.2, -0.15) is 8.75 Å². The van der Waals surface area contributed by atoms with Gasteiger partial charge in [0.25, 0.3) is 0 Å². The minimum Gasteiger partial charge on any atom is -0.180 e. The van der Waals surface area contributed by atoms with Gasteiger partial charge in [0.05, 0.1) is 17.9 Å². The first-order valence-corrected chi connectivity index (χ1v) is 5.91. The van der Waals surface area contributed by atoms with Crippen molar-refractivity contribution in [3.8, 4) is 0 Å².